The minimum Gasteiger partial charge on any atom is -0.184 e. The lowest BCUT2D eigenvalue weighted by atomic mass is 10.6. The molecule has 0 aromatic carbocycles. The molecule has 0 spiro atoms. The molecule has 0 radical (unpaired) electrons. The highest BCUT2D eigenvalue weighted by Crippen LogP contribution is 2.33. The molecule has 1 heterocycles. The first-order valence-electron chi connectivity index (χ1n) is 1.69. The van der Waals surface area contributed by atoms with Gasteiger partial charge in [-0.25, -0.2) is 0 Å². The van der Waals surface area contributed by atoms with E-state index in [-0.39, 0.29) is 0 Å². The molecule has 0 bridgehead atoms. The highest BCUT2D eigenvalue weighted by atomic mass is 32.2. The van der Waals surface area contributed by atoms with Gasteiger partial charge in [0.1, 0.15) is 0 Å². The van der Waals surface area contributed by atoms with Crippen molar-refractivity contribution in [3.8, 4) is 0 Å². The maximum atomic E-state index is 11.8. The number of halogens is 1. The number of allylic oxidation sites excluding steroid dienone is 2. The van der Waals surface area contributed by atoms with Crippen molar-refractivity contribution in [2.45, 2.75) is 0 Å². The van der Waals surface area contributed by atoms with E-state index in [1.165, 1.54) is 0 Å². The molecule has 1 aliphatic rings. The molecule has 34 valence electrons. The van der Waals surface area contributed by atoms with Crippen LogP contribution in [0.5, 0.6) is 0 Å². The van der Waals surface area contributed by atoms with Crippen LogP contribution in [0, 0.1) is 0 Å². The summed E-state index contributed by atoms with van der Waals surface area (Å²) in [4.78, 5) is 0. The molecule has 0 aromatic heterocycles. The van der Waals surface area contributed by atoms with Crippen molar-refractivity contribution in [1.29, 1.82) is 0 Å². The van der Waals surface area contributed by atoms with E-state index in [4.69, 9.17) is 0 Å². The Bertz CT molecular complexity index is 83.7. The Morgan fingerprint density at radius 3 is 1.83 bits per heavy atom. The molecule has 0 unspecified atom stereocenters. The average Bonchev–Trinajstić information content (AvgIpc) is 1.86. The Morgan fingerprint density at radius 2 is 1.67 bits per heavy atom. The van der Waals surface area contributed by atoms with Crippen LogP contribution in [-0.4, -0.2) is 0 Å². The average molecular weight is 104 g/mol. The fourth-order valence-corrected chi connectivity index (χ4v) is 0.941. The van der Waals surface area contributed by atoms with Crippen LogP contribution in [0.25, 0.3) is 0 Å². The van der Waals surface area contributed by atoms with E-state index < -0.39 is 11.3 Å². The monoisotopic (exact) mass is 104 g/mol. The summed E-state index contributed by atoms with van der Waals surface area (Å²) in [6.07, 6.45) is 3.46. The standard InChI is InChI=1S/C4H5FS/c5-6-3-1-2-4-6/h1-4,6H. The lowest BCUT2D eigenvalue weighted by molar-refractivity contribution is 0.937. The van der Waals surface area contributed by atoms with Crippen molar-refractivity contribution in [3.63, 3.8) is 0 Å². The highest BCUT2D eigenvalue weighted by molar-refractivity contribution is 8.17. The predicted octanol–water partition coefficient (Wildman–Crippen LogP) is 1.91. The van der Waals surface area contributed by atoms with E-state index in [1.807, 2.05) is 0 Å². The molecule has 0 aromatic rings. The summed E-state index contributed by atoms with van der Waals surface area (Å²) in [6, 6.07) is 0. The van der Waals surface area contributed by atoms with E-state index in [9.17, 15) is 3.89 Å². The molecule has 0 fully saturated rings. The van der Waals surface area contributed by atoms with Gasteiger partial charge in [-0.3, -0.25) is 0 Å². The molecule has 0 nitrogen and oxygen atoms in total. The predicted molar refractivity (Wildman–Crippen MR) is 28.4 cm³/mol. The van der Waals surface area contributed by atoms with Crippen molar-refractivity contribution in [2.24, 2.45) is 0 Å². The van der Waals surface area contributed by atoms with Gasteiger partial charge in [0.15, 0.2) is 0 Å². The summed E-state index contributed by atoms with van der Waals surface area (Å²) in [5.74, 6) is 0. The Balaban J connectivity index is 2.60. The van der Waals surface area contributed by atoms with E-state index >= 15 is 0 Å². The van der Waals surface area contributed by atoms with Gasteiger partial charge in [-0.15, -0.1) is 0 Å². The Kier molecular flexibility index (Phi) is 0.965. The van der Waals surface area contributed by atoms with E-state index in [2.05, 4.69) is 0 Å². The van der Waals surface area contributed by atoms with Crippen LogP contribution in [0.1, 0.15) is 0 Å². The zero-order chi connectivity index (χ0) is 4.41. The van der Waals surface area contributed by atoms with Gasteiger partial charge >= 0.3 is 0 Å². The topological polar surface area (TPSA) is 0 Å². The molecule has 0 aliphatic carbocycles. The molecule has 1 aliphatic heterocycles. The molecular formula is C4H5FS. The Hall–Kier alpha value is -0.240. The first-order chi connectivity index (χ1) is 2.89. The summed E-state index contributed by atoms with van der Waals surface area (Å²) in [6.45, 7) is 0. The quantitative estimate of drug-likeness (QED) is 0.446. The first kappa shape index (κ1) is 3.93. The number of thiol groups is 1. The Labute approximate surface area is 39.0 Å². The second-order valence-electron chi connectivity index (χ2n) is 1.03. The van der Waals surface area contributed by atoms with Gasteiger partial charge in [-0.05, 0) is 10.8 Å². The second kappa shape index (κ2) is 1.47. The molecule has 0 amide bonds. The third-order valence-electron chi connectivity index (χ3n) is 0.568. The maximum Gasteiger partial charge on any atom is -0.0178 e. The number of hydrogen-bond acceptors (Lipinski definition) is 0. The van der Waals surface area contributed by atoms with E-state index in [0.717, 1.165) is 0 Å². The van der Waals surface area contributed by atoms with Crippen LogP contribution in [-0.2, 0) is 0 Å². The fourth-order valence-electron chi connectivity index (χ4n) is 0.314. The SMILES string of the molecule is F[SH]1C=CC=C1. The van der Waals surface area contributed by atoms with Crippen molar-refractivity contribution in [1.82, 2.24) is 0 Å². The van der Waals surface area contributed by atoms with Crippen molar-refractivity contribution in [3.05, 3.63) is 23.0 Å². The van der Waals surface area contributed by atoms with Crippen molar-refractivity contribution in [2.75, 3.05) is 0 Å². The van der Waals surface area contributed by atoms with Crippen LogP contribution in [0.3, 0.4) is 0 Å². The molecule has 0 atom stereocenters. The van der Waals surface area contributed by atoms with Gasteiger partial charge in [-0.1, -0.05) is 23.4 Å². The molecule has 2 heteroatoms. The van der Waals surface area contributed by atoms with Crippen LogP contribution in [0.15, 0.2) is 23.0 Å². The van der Waals surface area contributed by atoms with E-state index in [0.29, 0.717) is 0 Å². The number of hydrogen-bond donors (Lipinski definition) is 1. The van der Waals surface area contributed by atoms with Crippen molar-refractivity contribution >= 4 is 11.3 Å². The third-order valence-corrected chi connectivity index (χ3v) is 1.48. The third kappa shape index (κ3) is 0.627. The van der Waals surface area contributed by atoms with Gasteiger partial charge in [0.25, 0.3) is 0 Å². The molecule has 6 heavy (non-hydrogen) atoms. The summed E-state index contributed by atoms with van der Waals surface area (Å²) in [7, 11) is 0. The van der Waals surface area contributed by atoms with Gasteiger partial charge in [0.05, 0.1) is 0 Å². The van der Waals surface area contributed by atoms with Crippen molar-refractivity contribution < 1.29 is 3.89 Å². The van der Waals surface area contributed by atoms with Crippen LogP contribution in [0.4, 0.5) is 3.89 Å². The normalized spacial score (nSPS) is 23.2. The first-order valence-corrected chi connectivity index (χ1v) is 3.06. The lowest BCUT2D eigenvalue weighted by Gasteiger charge is -1.86. The summed E-state index contributed by atoms with van der Waals surface area (Å²) >= 11 is -1.33. The summed E-state index contributed by atoms with van der Waals surface area (Å²) < 4.78 is 11.8. The minimum absolute atomic E-state index is 1.33. The molecule has 0 saturated carbocycles. The zero-order valence-corrected chi connectivity index (χ0v) is 4.03. The summed E-state index contributed by atoms with van der Waals surface area (Å²) in [5, 5.41) is 3.13. The van der Waals surface area contributed by atoms with Gasteiger partial charge in [0.2, 0.25) is 0 Å². The highest BCUT2D eigenvalue weighted by Gasteiger charge is 1.89. The van der Waals surface area contributed by atoms with Gasteiger partial charge in [0, 0.05) is 0 Å². The molecule has 1 rings (SSSR count). The lowest BCUT2D eigenvalue weighted by Crippen LogP contribution is -1.39. The second-order valence-corrected chi connectivity index (χ2v) is 2.31. The zero-order valence-electron chi connectivity index (χ0n) is 3.13. The van der Waals surface area contributed by atoms with E-state index in [1.54, 1.807) is 23.0 Å². The molecular weight excluding hydrogens is 99.1 g/mol. The molecule has 0 N–H and O–H groups in total. The van der Waals surface area contributed by atoms with Crippen LogP contribution >= 0.6 is 11.3 Å². The number of rotatable bonds is 0. The minimum atomic E-state index is -1.33. The van der Waals surface area contributed by atoms with Gasteiger partial charge in [-0.2, -0.15) is 3.89 Å². The molecule has 0 saturated heterocycles. The Morgan fingerprint density at radius 1 is 1.17 bits per heavy atom. The largest absolute Gasteiger partial charge is 0.184 e. The van der Waals surface area contributed by atoms with Gasteiger partial charge < -0.3 is 0 Å². The summed E-state index contributed by atoms with van der Waals surface area (Å²) in [5.41, 5.74) is 0. The fraction of sp³-hybridized carbons (Fsp3) is 0. The van der Waals surface area contributed by atoms with Crippen LogP contribution < -0.4 is 0 Å². The maximum absolute atomic E-state index is 11.8. The smallest absolute Gasteiger partial charge is 0.0178 e. The van der Waals surface area contributed by atoms with Crippen LogP contribution in [0.2, 0.25) is 0 Å².